The van der Waals surface area contributed by atoms with Crippen LogP contribution in [0.5, 0.6) is 0 Å². The molecule has 0 fully saturated rings. The second-order valence-corrected chi connectivity index (χ2v) is 9.40. The predicted molar refractivity (Wildman–Crippen MR) is 138 cm³/mol. The number of nitrogens with zero attached hydrogens (tertiary/aromatic N) is 5. The molecule has 6 rings (SSSR count). The van der Waals surface area contributed by atoms with Gasteiger partial charge in [0.25, 0.3) is 0 Å². The molecule has 7 nitrogen and oxygen atoms in total. The van der Waals surface area contributed by atoms with Crippen LogP contribution in [0.3, 0.4) is 0 Å². The minimum absolute atomic E-state index is 0.191. The van der Waals surface area contributed by atoms with Crippen molar-refractivity contribution in [3.05, 3.63) is 83.6 Å². The fourth-order valence-electron chi connectivity index (χ4n) is 5.24. The maximum atomic E-state index is 14.0. The van der Waals surface area contributed by atoms with Gasteiger partial charge in [0.1, 0.15) is 5.82 Å². The normalized spacial score (nSPS) is 16.8. The highest BCUT2D eigenvalue weighted by Gasteiger charge is 2.29. The maximum Gasteiger partial charge on any atom is 0.228 e. The number of benzene rings is 1. The molecule has 0 spiro atoms. The molecule has 8 heteroatoms. The summed E-state index contributed by atoms with van der Waals surface area (Å²) in [5, 5.41) is 8.23. The van der Waals surface area contributed by atoms with Crippen LogP contribution in [0, 0.1) is 5.82 Å². The van der Waals surface area contributed by atoms with Crippen LogP contribution in [-0.2, 0) is 11.2 Å². The van der Waals surface area contributed by atoms with Crippen LogP contribution >= 0.6 is 0 Å². The number of fused-ring (bicyclic) bond motifs is 3. The molecule has 1 aromatic carbocycles. The van der Waals surface area contributed by atoms with E-state index in [1.54, 1.807) is 29.6 Å². The Bertz CT molecular complexity index is 1510. The van der Waals surface area contributed by atoms with Crippen LogP contribution < -0.4 is 5.32 Å². The van der Waals surface area contributed by atoms with Crippen LogP contribution in [0.1, 0.15) is 42.4 Å². The van der Waals surface area contributed by atoms with Crippen LogP contribution in [0.25, 0.3) is 28.2 Å². The Morgan fingerprint density at radius 1 is 1.22 bits per heavy atom. The molecule has 0 aliphatic heterocycles. The largest absolute Gasteiger partial charge is 0.384 e. The highest BCUT2D eigenvalue weighted by molar-refractivity contribution is 5.78. The lowest BCUT2D eigenvalue weighted by Gasteiger charge is -2.26. The summed E-state index contributed by atoms with van der Waals surface area (Å²) in [6.07, 6.45) is 9.18. The predicted octanol–water partition coefficient (Wildman–Crippen LogP) is 5.35. The summed E-state index contributed by atoms with van der Waals surface area (Å²) in [6, 6.07) is 10.3. The van der Waals surface area contributed by atoms with Crippen molar-refractivity contribution in [2.75, 3.05) is 19.0 Å². The molecular formula is C28H27FN6O. The number of halogens is 1. The number of hydrogen-bond donors (Lipinski definition) is 1. The van der Waals surface area contributed by atoms with Gasteiger partial charge in [0.05, 0.1) is 19.0 Å². The lowest BCUT2D eigenvalue weighted by atomic mass is 9.88. The molecule has 0 saturated heterocycles. The van der Waals surface area contributed by atoms with Crippen molar-refractivity contribution in [3.8, 4) is 11.4 Å². The molecule has 0 radical (unpaired) electrons. The lowest BCUT2D eigenvalue weighted by molar-refractivity contribution is 0.206. The number of rotatable bonds is 7. The Morgan fingerprint density at radius 2 is 2.11 bits per heavy atom. The van der Waals surface area contributed by atoms with Gasteiger partial charge in [-0.25, -0.2) is 9.37 Å². The molecule has 0 saturated carbocycles. The second kappa shape index (κ2) is 9.28. The quantitative estimate of drug-likeness (QED) is 0.383. The molecule has 0 amide bonds. The first kappa shape index (κ1) is 22.5. The van der Waals surface area contributed by atoms with E-state index >= 15 is 0 Å². The van der Waals surface area contributed by atoms with Crippen molar-refractivity contribution in [3.63, 3.8) is 0 Å². The van der Waals surface area contributed by atoms with Gasteiger partial charge < -0.3 is 10.1 Å². The Balaban J connectivity index is 1.37. The summed E-state index contributed by atoms with van der Waals surface area (Å²) in [5.41, 5.74) is 8.60. The standard InChI is InChI=1S/C28H27FN6O/c1-17(9-10-36-2)25-16-31-35-27(25)33-26(20-12-21(29)15-30-14-20)34-28(35)32-22-8-7-19-11-18-5-3-4-6-23(18)24(19)13-22/h3-6,12,14-16,22H,1,7-11,13H2,2H3,(H,32,33,34)/t22-/m1/s1. The van der Waals surface area contributed by atoms with Crippen molar-refractivity contribution in [1.82, 2.24) is 24.6 Å². The number of anilines is 1. The molecule has 1 N–H and O–H groups in total. The molecule has 0 unspecified atom stereocenters. The van der Waals surface area contributed by atoms with E-state index in [1.165, 1.54) is 29.0 Å². The summed E-state index contributed by atoms with van der Waals surface area (Å²) in [5.74, 6) is 0.529. The smallest absolute Gasteiger partial charge is 0.228 e. The Kier molecular flexibility index (Phi) is 5.81. The average Bonchev–Trinajstić information content (AvgIpc) is 3.49. The van der Waals surface area contributed by atoms with Gasteiger partial charge in [0.2, 0.25) is 5.95 Å². The van der Waals surface area contributed by atoms with E-state index < -0.39 is 5.82 Å². The summed E-state index contributed by atoms with van der Waals surface area (Å²) >= 11 is 0. The molecule has 36 heavy (non-hydrogen) atoms. The third-order valence-corrected chi connectivity index (χ3v) is 7.07. The van der Waals surface area contributed by atoms with Gasteiger partial charge in [0.15, 0.2) is 11.5 Å². The number of hydrogen-bond acceptors (Lipinski definition) is 6. The van der Waals surface area contributed by atoms with Crippen molar-refractivity contribution in [2.24, 2.45) is 0 Å². The molecule has 3 aromatic heterocycles. The van der Waals surface area contributed by atoms with Crippen LogP contribution in [-0.4, -0.2) is 44.3 Å². The van der Waals surface area contributed by atoms with Gasteiger partial charge in [-0.1, -0.05) is 36.4 Å². The number of nitrogens with one attached hydrogen (secondary N) is 1. The Morgan fingerprint density at radius 3 is 2.97 bits per heavy atom. The van der Waals surface area contributed by atoms with E-state index in [4.69, 9.17) is 14.7 Å². The van der Waals surface area contributed by atoms with Crippen molar-refractivity contribution >= 4 is 22.7 Å². The van der Waals surface area contributed by atoms with E-state index in [-0.39, 0.29) is 6.04 Å². The van der Waals surface area contributed by atoms with Crippen molar-refractivity contribution in [1.29, 1.82) is 0 Å². The molecule has 0 bridgehead atoms. The first-order valence-corrected chi connectivity index (χ1v) is 12.2. The highest BCUT2D eigenvalue weighted by Crippen LogP contribution is 2.42. The molecule has 3 heterocycles. The zero-order valence-electron chi connectivity index (χ0n) is 20.2. The molecule has 1 atom stereocenters. The molecule has 2 aliphatic rings. The third-order valence-electron chi connectivity index (χ3n) is 7.07. The van der Waals surface area contributed by atoms with E-state index in [0.717, 1.165) is 36.8 Å². The van der Waals surface area contributed by atoms with E-state index in [9.17, 15) is 4.39 Å². The number of pyridine rings is 1. The fourth-order valence-corrected chi connectivity index (χ4v) is 5.24. The zero-order valence-corrected chi connectivity index (χ0v) is 20.2. The van der Waals surface area contributed by atoms with Gasteiger partial charge >= 0.3 is 0 Å². The van der Waals surface area contributed by atoms with E-state index in [1.807, 2.05) is 0 Å². The van der Waals surface area contributed by atoms with Crippen LogP contribution in [0.4, 0.5) is 10.3 Å². The van der Waals surface area contributed by atoms with Crippen molar-refractivity contribution < 1.29 is 9.13 Å². The monoisotopic (exact) mass is 482 g/mol. The van der Waals surface area contributed by atoms with Gasteiger partial charge in [-0.05, 0) is 60.4 Å². The minimum atomic E-state index is -0.435. The maximum absolute atomic E-state index is 14.0. The summed E-state index contributed by atoms with van der Waals surface area (Å²) < 4.78 is 20.9. The fraction of sp³-hybridized carbons (Fsp3) is 0.286. The molecular weight excluding hydrogens is 455 g/mol. The Labute approximate surface area is 208 Å². The number of aromatic nitrogens is 5. The molecule has 182 valence electrons. The summed E-state index contributed by atoms with van der Waals surface area (Å²) in [4.78, 5) is 13.5. The van der Waals surface area contributed by atoms with Gasteiger partial charge in [-0.2, -0.15) is 14.6 Å². The summed E-state index contributed by atoms with van der Waals surface area (Å²) in [6.45, 7) is 4.76. The third kappa shape index (κ3) is 4.07. The average molecular weight is 483 g/mol. The zero-order chi connectivity index (χ0) is 24.6. The van der Waals surface area contributed by atoms with E-state index in [0.29, 0.717) is 36.0 Å². The number of allylic oxidation sites excluding steroid dienone is 1. The van der Waals surface area contributed by atoms with Crippen molar-refractivity contribution in [2.45, 2.75) is 38.1 Å². The number of ether oxygens (including phenoxy) is 1. The highest BCUT2D eigenvalue weighted by atomic mass is 19.1. The van der Waals surface area contributed by atoms with Gasteiger partial charge in [-0.3, -0.25) is 4.98 Å². The van der Waals surface area contributed by atoms with Crippen LogP contribution in [0.2, 0.25) is 0 Å². The van der Waals surface area contributed by atoms with Gasteiger partial charge in [-0.15, -0.1) is 0 Å². The Hall–Kier alpha value is -3.91. The van der Waals surface area contributed by atoms with E-state index in [2.05, 4.69) is 46.2 Å². The van der Waals surface area contributed by atoms with Gasteiger partial charge in [0, 0.05) is 30.5 Å². The first-order chi connectivity index (χ1) is 17.6. The molecule has 4 aromatic rings. The topological polar surface area (TPSA) is 77.2 Å². The minimum Gasteiger partial charge on any atom is -0.384 e. The van der Waals surface area contributed by atoms with Crippen LogP contribution in [0.15, 0.2) is 61.1 Å². The first-order valence-electron chi connectivity index (χ1n) is 12.2. The second-order valence-electron chi connectivity index (χ2n) is 9.40. The SMILES string of the molecule is C=C(CCOC)c1cnn2c(N[C@@H]3CCC4=C(C3)c3ccccc3C4)nc(-c3cncc(F)c3)nc12. The molecule has 2 aliphatic carbocycles. The number of methoxy groups -OCH3 is 1. The summed E-state index contributed by atoms with van der Waals surface area (Å²) in [7, 11) is 1.66. The lowest BCUT2D eigenvalue weighted by Crippen LogP contribution is -2.25.